The van der Waals surface area contributed by atoms with Crippen molar-refractivity contribution in [1.82, 2.24) is 4.98 Å². The second kappa shape index (κ2) is 4.70. The number of aromatic nitrogens is 1. The van der Waals surface area contributed by atoms with Crippen LogP contribution in [0.4, 0.5) is 0 Å². The zero-order valence-corrected chi connectivity index (χ0v) is 9.58. The van der Waals surface area contributed by atoms with E-state index in [4.69, 9.17) is 9.47 Å². The maximum absolute atomic E-state index is 5.33. The summed E-state index contributed by atoms with van der Waals surface area (Å²) in [4.78, 5) is 4.52. The summed E-state index contributed by atoms with van der Waals surface area (Å²) in [6.45, 7) is 0.538. The van der Waals surface area contributed by atoms with Crippen LogP contribution in [0.3, 0.4) is 0 Å². The van der Waals surface area contributed by atoms with Crippen molar-refractivity contribution in [2.45, 2.75) is 6.10 Å². The van der Waals surface area contributed by atoms with E-state index < -0.39 is 0 Å². The summed E-state index contributed by atoms with van der Waals surface area (Å²) in [7, 11) is 3.34. The minimum absolute atomic E-state index is 0.0626. The highest BCUT2D eigenvalue weighted by molar-refractivity contribution is 7.18. The van der Waals surface area contributed by atoms with Crippen LogP contribution in [0, 0.1) is 0 Å². The van der Waals surface area contributed by atoms with E-state index in [1.54, 1.807) is 25.6 Å². The second-order valence-electron chi connectivity index (χ2n) is 3.20. The maximum atomic E-state index is 5.33. The molecule has 1 atom stereocenters. The van der Waals surface area contributed by atoms with Gasteiger partial charge in [-0.05, 0) is 12.1 Å². The Morgan fingerprint density at radius 3 is 2.80 bits per heavy atom. The molecule has 0 N–H and O–H groups in total. The van der Waals surface area contributed by atoms with Crippen LogP contribution >= 0.6 is 11.3 Å². The zero-order chi connectivity index (χ0) is 10.7. The largest absolute Gasteiger partial charge is 0.382 e. The van der Waals surface area contributed by atoms with Gasteiger partial charge in [-0.1, -0.05) is 12.1 Å². The van der Waals surface area contributed by atoms with Gasteiger partial charge in [-0.3, -0.25) is 0 Å². The van der Waals surface area contributed by atoms with Crippen molar-refractivity contribution in [3.63, 3.8) is 0 Å². The first kappa shape index (κ1) is 10.5. The summed E-state index contributed by atoms with van der Waals surface area (Å²) in [5.41, 5.74) is 1.02. The SMILES string of the molecule is COC[C@H](OC)c1nc2ccccc2s1. The van der Waals surface area contributed by atoms with Gasteiger partial charge in [-0.2, -0.15) is 0 Å². The van der Waals surface area contributed by atoms with Crippen LogP contribution in [0.1, 0.15) is 11.1 Å². The van der Waals surface area contributed by atoms with Crippen molar-refractivity contribution in [2.75, 3.05) is 20.8 Å². The molecule has 4 heteroatoms. The molecule has 2 aromatic rings. The highest BCUT2D eigenvalue weighted by atomic mass is 32.1. The van der Waals surface area contributed by atoms with Crippen molar-refractivity contribution >= 4 is 21.6 Å². The zero-order valence-electron chi connectivity index (χ0n) is 8.77. The van der Waals surface area contributed by atoms with E-state index in [0.717, 1.165) is 10.5 Å². The van der Waals surface area contributed by atoms with Crippen LogP contribution < -0.4 is 0 Å². The third-order valence-electron chi connectivity index (χ3n) is 2.19. The minimum atomic E-state index is -0.0626. The third-order valence-corrected chi connectivity index (χ3v) is 3.32. The van der Waals surface area contributed by atoms with Crippen molar-refractivity contribution in [1.29, 1.82) is 0 Å². The van der Waals surface area contributed by atoms with Gasteiger partial charge < -0.3 is 9.47 Å². The fourth-order valence-electron chi connectivity index (χ4n) is 1.42. The quantitative estimate of drug-likeness (QED) is 0.798. The lowest BCUT2D eigenvalue weighted by Crippen LogP contribution is -2.07. The first-order valence-electron chi connectivity index (χ1n) is 4.72. The summed E-state index contributed by atoms with van der Waals surface area (Å²) in [6.07, 6.45) is -0.0626. The lowest BCUT2D eigenvalue weighted by molar-refractivity contribution is 0.0275. The molecule has 0 aliphatic heterocycles. The Morgan fingerprint density at radius 2 is 2.13 bits per heavy atom. The molecule has 2 rings (SSSR count). The molecule has 0 saturated carbocycles. The number of fused-ring (bicyclic) bond motifs is 1. The fourth-order valence-corrected chi connectivity index (χ4v) is 2.45. The van der Waals surface area contributed by atoms with Crippen LogP contribution in [0.2, 0.25) is 0 Å². The lowest BCUT2D eigenvalue weighted by Gasteiger charge is -2.10. The van der Waals surface area contributed by atoms with E-state index in [0.29, 0.717) is 6.61 Å². The van der Waals surface area contributed by atoms with Crippen molar-refractivity contribution in [2.24, 2.45) is 0 Å². The Kier molecular flexibility index (Phi) is 3.30. The molecule has 80 valence electrons. The van der Waals surface area contributed by atoms with Crippen LogP contribution in [-0.4, -0.2) is 25.8 Å². The molecule has 15 heavy (non-hydrogen) atoms. The van der Waals surface area contributed by atoms with Crippen molar-refractivity contribution in [3.8, 4) is 0 Å². The molecule has 1 aromatic carbocycles. The van der Waals surface area contributed by atoms with Gasteiger partial charge in [-0.15, -0.1) is 11.3 Å². The summed E-state index contributed by atoms with van der Waals surface area (Å²) in [5.74, 6) is 0. The molecule has 0 bridgehead atoms. The van der Waals surface area contributed by atoms with Gasteiger partial charge in [0.25, 0.3) is 0 Å². The lowest BCUT2D eigenvalue weighted by atomic mass is 10.3. The number of rotatable bonds is 4. The van der Waals surface area contributed by atoms with E-state index in [-0.39, 0.29) is 6.10 Å². The van der Waals surface area contributed by atoms with E-state index >= 15 is 0 Å². The van der Waals surface area contributed by atoms with Gasteiger partial charge in [0.1, 0.15) is 11.1 Å². The molecule has 0 radical (unpaired) electrons. The number of hydrogen-bond donors (Lipinski definition) is 0. The Hall–Kier alpha value is -0.970. The molecule has 1 heterocycles. The molecule has 0 spiro atoms. The molecule has 0 aliphatic rings. The van der Waals surface area contributed by atoms with E-state index in [1.165, 1.54) is 4.70 Å². The van der Waals surface area contributed by atoms with Gasteiger partial charge in [0.15, 0.2) is 0 Å². The van der Waals surface area contributed by atoms with Crippen LogP contribution in [0.15, 0.2) is 24.3 Å². The number of ether oxygens (including phenoxy) is 2. The topological polar surface area (TPSA) is 31.4 Å². The van der Waals surface area contributed by atoms with E-state index in [9.17, 15) is 0 Å². The molecule has 0 saturated heterocycles. The van der Waals surface area contributed by atoms with Crippen LogP contribution in [-0.2, 0) is 9.47 Å². The monoisotopic (exact) mass is 223 g/mol. The Morgan fingerprint density at radius 1 is 1.33 bits per heavy atom. The van der Waals surface area contributed by atoms with Crippen molar-refractivity contribution < 1.29 is 9.47 Å². The molecule has 0 fully saturated rings. The predicted molar refractivity (Wildman–Crippen MR) is 61.2 cm³/mol. The van der Waals surface area contributed by atoms with Crippen molar-refractivity contribution in [3.05, 3.63) is 29.3 Å². The highest BCUT2D eigenvalue weighted by Gasteiger charge is 2.14. The highest BCUT2D eigenvalue weighted by Crippen LogP contribution is 2.27. The molecule has 0 unspecified atom stereocenters. The molecule has 0 amide bonds. The van der Waals surface area contributed by atoms with E-state index in [1.807, 2.05) is 18.2 Å². The predicted octanol–water partition coefficient (Wildman–Crippen LogP) is 2.63. The Bertz CT molecular complexity index is 408. The van der Waals surface area contributed by atoms with Gasteiger partial charge >= 0.3 is 0 Å². The van der Waals surface area contributed by atoms with Crippen LogP contribution in [0.5, 0.6) is 0 Å². The first-order chi connectivity index (χ1) is 7.35. The van der Waals surface area contributed by atoms with Gasteiger partial charge in [0.2, 0.25) is 0 Å². The standard InChI is InChI=1S/C11H13NO2S/c1-13-7-9(14-2)11-12-8-5-3-4-6-10(8)15-11/h3-6,9H,7H2,1-2H3/t9-/m0/s1. The molecular weight excluding hydrogens is 210 g/mol. The number of benzene rings is 1. The summed E-state index contributed by atoms with van der Waals surface area (Å²) < 4.78 is 11.6. The van der Waals surface area contributed by atoms with Gasteiger partial charge in [0.05, 0.1) is 16.8 Å². The third kappa shape index (κ3) is 2.17. The maximum Gasteiger partial charge on any atom is 0.132 e. The smallest absolute Gasteiger partial charge is 0.132 e. The normalized spacial score (nSPS) is 13.2. The average Bonchev–Trinajstić information content (AvgIpc) is 2.69. The Labute approximate surface area is 92.7 Å². The number of hydrogen-bond acceptors (Lipinski definition) is 4. The van der Waals surface area contributed by atoms with E-state index in [2.05, 4.69) is 11.1 Å². The van der Waals surface area contributed by atoms with Gasteiger partial charge in [-0.25, -0.2) is 4.98 Å². The second-order valence-corrected chi connectivity index (χ2v) is 4.26. The Balaban J connectivity index is 2.34. The minimum Gasteiger partial charge on any atom is -0.382 e. The van der Waals surface area contributed by atoms with Gasteiger partial charge in [0, 0.05) is 14.2 Å². The first-order valence-corrected chi connectivity index (χ1v) is 5.54. The average molecular weight is 223 g/mol. The summed E-state index contributed by atoms with van der Waals surface area (Å²) >= 11 is 1.65. The number of thiazole rings is 1. The molecule has 0 aliphatic carbocycles. The fraction of sp³-hybridized carbons (Fsp3) is 0.364. The number of nitrogens with zero attached hydrogens (tertiary/aromatic N) is 1. The van der Waals surface area contributed by atoms with Crippen LogP contribution in [0.25, 0.3) is 10.2 Å². The summed E-state index contributed by atoms with van der Waals surface area (Å²) in [6, 6.07) is 8.08. The molecule has 3 nitrogen and oxygen atoms in total. The summed E-state index contributed by atoms with van der Waals surface area (Å²) in [5, 5.41) is 0.973. The number of methoxy groups -OCH3 is 2. The molecular formula is C11H13NO2S. The number of para-hydroxylation sites is 1. The molecule has 1 aromatic heterocycles.